The quantitative estimate of drug-likeness (QED) is 0.494. The third-order valence-corrected chi connectivity index (χ3v) is 5.36. The second-order valence-corrected chi connectivity index (χ2v) is 9.32. The molecule has 3 rings (SSSR count). The molecule has 0 aliphatic carbocycles. The van der Waals surface area contributed by atoms with E-state index in [1.807, 2.05) is 48.5 Å². The van der Waals surface area contributed by atoms with Crippen LogP contribution in [0.1, 0.15) is 45.2 Å². The van der Waals surface area contributed by atoms with E-state index in [4.69, 9.17) is 14.2 Å². The largest absolute Gasteiger partial charge is 0.489 e. The number of rotatable bonds is 9. The monoisotopic (exact) mass is 482 g/mol. The first-order chi connectivity index (χ1) is 16.7. The number of esters is 1. The molecule has 0 unspecified atom stereocenters. The summed E-state index contributed by atoms with van der Waals surface area (Å²) >= 11 is 0. The van der Waals surface area contributed by atoms with Gasteiger partial charge in [-0.15, -0.1) is 0 Å². The predicted octanol–water partition coefficient (Wildman–Crippen LogP) is 4.35. The van der Waals surface area contributed by atoms with Crippen molar-refractivity contribution in [3.05, 3.63) is 59.7 Å². The molecule has 0 atom stereocenters. The highest BCUT2D eigenvalue weighted by Crippen LogP contribution is 2.32. The van der Waals surface area contributed by atoms with Gasteiger partial charge in [-0.05, 0) is 63.4 Å². The number of fused-ring (bicyclic) bond motifs is 1. The Balaban J connectivity index is 1.65. The van der Waals surface area contributed by atoms with E-state index in [0.717, 1.165) is 22.6 Å². The average Bonchev–Trinajstić information content (AvgIpc) is 3.23. The van der Waals surface area contributed by atoms with Gasteiger partial charge < -0.3 is 19.1 Å². The zero-order chi connectivity index (χ0) is 25.4. The van der Waals surface area contributed by atoms with E-state index in [2.05, 4.69) is 0 Å². The van der Waals surface area contributed by atoms with Crippen LogP contribution in [-0.4, -0.2) is 54.7 Å². The summed E-state index contributed by atoms with van der Waals surface area (Å²) in [5, 5.41) is 0. The number of ether oxygens (including phenoxy) is 3. The highest BCUT2D eigenvalue weighted by atomic mass is 16.6. The highest BCUT2D eigenvalue weighted by Gasteiger charge is 2.30. The van der Waals surface area contributed by atoms with Crippen molar-refractivity contribution in [3.63, 3.8) is 0 Å². The van der Waals surface area contributed by atoms with Gasteiger partial charge in [0.25, 0.3) is 0 Å². The summed E-state index contributed by atoms with van der Waals surface area (Å²) in [4.78, 5) is 40.7. The summed E-state index contributed by atoms with van der Waals surface area (Å²) in [6, 6.07) is 15.6. The van der Waals surface area contributed by atoms with E-state index in [9.17, 15) is 14.4 Å². The lowest BCUT2D eigenvalue weighted by atomic mass is 10.1. The Morgan fingerprint density at radius 1 is 1.06 bits per heavy atom. The highest BCUT2D eigenvalue weighted by molar-refractivity contribution is 5.98. The van der Waals surface area contributed by atoms with Crippen molar-refractivity contribution < 1.29 is 28.6 Å². The van der Waals surface area contributed by atoms with Gasteiger partial charge in [0, 0.05) is 18.8 Å². The van der Waals surface area contributed by atoms with Crippen molar-refractivity contribution in [2.24, 2.45) is 0 Å². The molecule has 0 saturated heterocycles. The molecular formula is C27H34N2O6. The first-order valence-electron chi connectivity index (χ1n) is 11.9. The van der Waals surface area contributed by atoms with E-state index in [1.165, 1.54) is 4.90 Å². The molecule has 1 aliphatic rings. The third-order valence-electron chi connectivity index (χ3n) is 5.36. The maximum absolute atomic E-state index is 13.2. The van der Waals surface area contributed by atoms with Gasteiger partial charge in [0.2, 0.25) is 5.91 Å². The second-order valence-electron chi connectivity index (χ2n) is 9.32. The van der Waals surface area contributed by atoms with E-state index < -0.39 is 17.7 Å². The van der Waals surface area contributed by atoms with Crippen LogP contribution in [0.3, 0.4) is 0 Å². The Morgan fingerprint density at radius 3 is 2.49 bits per heavy atom. The fourth-order valence-electron chi connectivity index (χ4n) is 3.74. The molecule has 0 saturated carbocycles. The van der Waals surface area contributed by atoms with Gasteiger partial charge in [-0.3, -0.25) is 14.5 Å². The Hall–Kier alpha value is -3.55. The molecule has 2 aromatic rings. The number of hydrogen-bond donors (Lipinski definition) is 0. The molecule has 2 aromatic carbocycles. The molecule has 1 aliphatic heterocycles. The Kier molecular flexibility index (Phi) is 8.73. The summed E-state index contributed by atoms with van der Waals surface area (Å²) in [5.41, 5.74) is 2.17. The smallest absolute Gasteiger partial charge is 0.410 e. The number of anilines is 1. The predicted molar refractivity (Wildman–Crippen MR) is 132 cm³/mol. The SMILES string of the molecule is CCOC(=O)CCN(CC(=O)N1CCc2cc(OCc3ccccc3)ccc21)C(=O)OC(C)(C)C. The lowest BCUT2D eigenvalue weighted by molar-refractivity contribution is -0.143. The molecule has 1 heterocycles. The topological polar surface area (TPSA) is 85.4 Å². The fraction of sp³-hybridized carbons (Fsp3) is 0.444. The maximum atomic E-state index is 13.2. The van der Waals surface area contributed by atoms with Crippen molar-refractivity contribution in [1.29, 1.82) is 0 Å². The molecular weight excluding hydrogens is 448 g/mol. The molecule has 8 heteroatoms. The number of hydrogen-bond acceptors (Lipinski definition) is 6. The van der Waals surface area contributed by atoms with Crippen molar-refractivity contribution in [3.8, 4) is 5.75 Å². The maximum Gasteiger partial charge on any atom is 0.410 e. The second kappa shape index (κ2) is 11.7. The van der Waals surface area contributed by atoms with E-state index in [1.54, 1.807) is 32.6 Å². The minimum Gasteiger partial charge on any atom is -0.489 e. The van der Waals surface area contributed by atoms with Gasteiger partial charge in [-0.25, -0.2) is 4.79 Å². The van der Waals surface area contributed by atoms with E-state index >= 15 is 0 Å². The number of benzene rings is 2. The molecule has 0 N–H and O–H groups in total. The van der Waals surface area contributed by atoms with Crippen LogP contribution in [0.4, 0.5) is 10.5 Å². The van der Waals surface area contributed by atoms with Crippen molar-refractivity contribution >= 4 is 23.7 Å². The minimum atomic E-state index is -0.724. The number of carbonyl (C=O) groups excluding carboxylic acids is 3. The molecule has 0 fully saturated rings. The van der Waals surface area contributed by atoms with Crippen LogP contribution in [0.5, 0.6) is 5.75 Å². The average molecular weight is 483 g/mol. The third kappa shape index (κ3) is 7.73. The van der Waals surface area contributed by atoms with Gasteiger partial charge in [0.1, 0.15) is 24.5 Å². The lowest BCUT2D eigenvalue weighted by Gasteiger charge is -2.28. The summed E-state index contributed by atoms with van der Waals surface area (Å²) in [6.45, 7) is 8.05. The molecule has 0 bridgehead atoms. The molecule has 0 spiro atoms. The normalized spacial score (nSPS) is 12.6. The molecule has 2 amide bonds. The van der Waals surface area contributed by atoms with Crippen molar-refractivity contribution in [1.82, 2.24) is 4.90 Å². The number of amides is 2. The van der Waals surface area contributed by atoms with Gasteiger partial charge in [0.15, 0.2) is 0 Å². The zero-order valence-corrected chi connectivity index (χ0v) is 20.9. The van der Waals surface area contributed by atoms with E-state index in [0.29, 0.717) is 19.6 Å². The lowest BCUT2D eigenvalue weighted by Crippen LogP contribution is -2.45. The molecule has 8 nitrogen and oxygen atoms in total. The van der Waals surface area contributed by atoms with Crippen LogP contribution in [0.25, 0.3) is 0 Å². The van der Waals surface area contributed by atoms with Gasteiger partial charge in [-0.2, -0.15) is 0 Å². The van der Waals surface area contributed by atoms with E-state index in [-0.39, 0.29) is 32.0 Å². The molecule has 0 aromatic heterocycles. The zero-order valence-electron chi connectivity index (χ0n) is 20.9. The minimum absolute atomic E-state index is 0.0148. The van der Waals surface area contributed by atoms with Crippen LogP contribution in [0.2, 0.25) is 0 Å². The van der Waals surface area contributed by atoms with Gasteiger partial charge >= 0.3 is 12.1 Å². The summed E-state index contributed by atoms with van der Waals surface area (Å²) in [7, 11) is 0. The Morgan fingerprint density at radius 2 is 1.80 bits per heavy atom. The van der Waals surface area contributed by atoms with Crippen LogP contribution in [0, 0.1) is 0 Å². The summed E-state index contributed by atoms with van der Waals surface area (Å²) in [6.07, 6.45) is 0.0389. The summed E-state index contributed by atoms with van der Waals surface area (Å²) in [5.74, 6) is 0.0752. The fourth-order valence-corrected chi connectivity index (χ4v) is 3.74. The number of carbonyl (C=O) groups is 3. The molecule has 188 valence electrons. The van der Waals surface area contributed by atoms with Crippen LogP contribution in [0.15, 0.2) is 48.5 Å². The molecule has 0 radical (unpaired) electrons. The Bertz CT molecular complexity index is 1030. The van der Waals surface area contributed by atoms with Gasteiger partial charge in [0.05, 0.1) is 13.0 Å². The van der Waals surface area contributed by atoms with Crippen LogP contribution >= 0.6 is 0 Å². The van der Waals surface area contributed by atoms with Gasteiger partial charge in [-0.1, -0.05) is 30.3 Å². The van der Waals surface area contributed by atoms with Crippen molar-refractivity contribution in [2.45, 2.75) is 52.7 Å². The standard InChI is InChI=1S/C27H34N2O6/c1-5-33-25(31)14-15-28(26(32)35-27(2,3)4)18-24(30)29-16-13-21-17-22(11-12-23(21)29)34-19-20-9-7-6-8-10-20/h6-12,17H,5,13-16,18-19H2,1-4H3. The summed E-state index contributed by atoms with van der Waals surface area (Å²) < 4.78 is 16.3. The first-order valence-corrected chi connectivity index (χ1v) is 11.9. The first kappa shape index (κ1) is 26.1. The molecule has 35 heavy (non-hydrogen) atoms. The Labute approximate surface area is 206 Å². The van der Waals surface area contributed by atoms with Crippen LogP contribution in [-0.2, 0) is 32.1 Å². The van der Waals surface area contributed by atoms with Crippen LogP contribution < -0.4 is 9.64 Å². The number of nitrogens with zero attached hydrogens (tertiary/aromatic N) is 2. The van der Waals surface area contributed by atoms with Crippen molar-refractivity contribution in [2.75, 3.05) is 31.1 Å².